The molecular formula is C17H15N3S3. The maximum Gasteiger partial charge on any atom is 0.316 e. The highest BCUT2D eigenvalue weighted by Gasteiger charge is 2.48. The van der Waals surface area contributed by atoms with Crippen molar-refractivity contribution in [2.45, 2.75) is 17.7 Å². The molecule has 2 aliphatic heterocycles. The van der Waals surface area contributed by atoms with Crippen molar-refractivity contribution in [3.05, 3.63) is 59.9 Å². The second kappa shape index (κ2) is 5.63. The summed E-state index contributed by atoms with van der Waals surface area (Å²) in [5.41, 5.74) is 4.28. The summed E-state index contributed by atoms with van der Waals surface area (Å²) >= 11 is 16.2. The minimum atomic E-state index is 0.394. The second-order valence-electron chi connectivity index (χ2n) is 5.76. The number of amidine groups is 1. The summed E-state index contributed by atoms with van der Waals surface area (Å²) in [4.78, 5) is 5.07. The van der Waals surface area contributed by atoms with Gasteiger partial charge in [-0.1, -0.05) is 0 Å². The molecule has 0 radical (unpaired) electrons. The number of thiol groups is 1. The summed E-state index contributed by atoms with van der Waals surface area (Å²) in [6, 6.07) is 12.1. The Bertz CT molecular complexity index is 828. The van der Waals surface area contributed by atoms with Crippen molar-refractivity contribution < 1.29 is 7.87 Å². The Balaban J connectivity index is 1.99. The zero-order valence-electron chi connectivity index (χ0n) is 12.3. The predicted molar refractivity (Wildman–Crippen MR) is 99.1 cm³/mol. The van der Waals surface area contributed by atoms with Crippen LogP contribution in [0.25, 0.3) is 11.4 Å². The smallest absolute Gasteiger partial charge is 0.316 e. The van der Waals surface area contributed by atoms with Gasteiger partial charge in [-0.15, -0.1) is 12.6 Å². The van der Waals surface area contributed by atoms with E-state index in [4.69, 9.17) is 25.6 Å². The van der Waals surface area contributed by atoms with Crippen LogP contribution >= 0.6 is 12.6 Å². The molecule has 2 aliphatic rings. The first kappa shape index (κ1) is 15.2. The number of aromatic nitrogens is 1. The van der Waals surface area contributed by atoms with Crippen LogP contribution < -0.4 is 0 Å². The Labute approximate surface area is 152 Å². The molecule has 6 heteroatoms. The van der Waals surface area contributed by atoms with Gasteiger partial charge in [0.1, 0.15) is 0 Å². The van der Waals surface area contributed by atoms with E-state index in [1.807, 2.05) is 28.2 Å². The van der Waals surface area contributed by atoms with Crippen molar-refractivity contribution in [2.75, 3.05) is 6.54 Å². The normalized spacial score (nSPS) is 23.6. The Hall–Kier alpha value is -1.34. The lowest BCUT2D eigenvalue weighted by atomic mass is 10.1. The molecule has 116 valence electrons. The number of pyridine rings is 1. The number of hydrogen-bond donors (Lipinski definition) is 1. The van der Waals surface area contributed by atoms with Gasteiger partial charge in [-0.3, -0.25) is 4.98 Å². The third kappa shape index (κ3) is 2.32. The highest BCUT2D eigenvalue weighted by Crippen LogP contribution is 2.44. The van der Waals surface area contributed by atoms with Crippen LogP contribution in [0.3, 0.4) is 0 Å². The van der Waals surface area contributed by atoms with Gasteiger partial charge in [0.05, 0.1) is 18.5 Å². The van der Waals surface area contributed by atoms with Crippen LogP contribution in [-0.4, -0.2) is 25.2 Å². The molecule has 3 heterocycles. The van der Waals surface area contributed by atoms with Gasteiger partial charge in [0.15, 0.2) is 0 Å². The van der Waals surface area contributed by atoms with Gasteiger partial charge in [-0.2, -0.15) is 0 Å². The first-order valence-corrected chi connectivity index (χ1v) is 8.66. The van der Waals surface area contributed by atoms with Crippen LogP contribution in [0.4, 0.5) is 0 Å². The minimum absolute atomic E-state index is 0.394. The number of rotatable bonds is 2. The first-order valence-electron chi connectivity index (χ1n) is 7.48. The minimum Gasteiger partial charge on any atom is -0.476 e. The Morgan fingerprint density at radius 2 is 1.74 bits per heavy atom. The van der Waals surface area contributed by atoms with E-state index in [2.05, 4.69) is 29.7 Å². The summed E-state index contributed by atoms with van der Waals surface area (Å²) in [5.74, 6) is 1.12. The largest absolute Gasteiger partial charge is 0.476 e. The van der Waals surface area contributed by atoms with Crippen LogP contribution in [0.5, 0.6) is 0 Å². The standard InChI is InChI=1S/C17H15N3S3/c21-14-5-3-12(4-6-14)16-17(13-7-9-18-10-8-13)20(23)11-1-2-15(20)19(16)22/h3-10,21H,1-2,11H2. The number of fused-ring (bicyclic) bond motifs is 1. The van der Waals surface area contributed by atoms with Gasteiger partial charge >= 0.3 is 5.84 Å². The fraction of sp³-hybridized carbons (Fsp3) is 0.176. The van der Waals surface area contributed by atoms with Crippen LogP contribution in [0.2, 0.25) is 0 Å². The van der Waals surface area contributed by atoms with Gasteiger partial charge in [0.25, 0.3) is 5.70 Å². The molecule has 0 saturated carbocycles. The summed E-state index contributed by atoms with van der Waals surface area (Å²) in [6.07, 6.45) is 5.64. The molecule has 1 saturated heterocycles. The maximum atomic E-state index is 6.04. The fourth-order valence-electron chi connectivity index (χ4n) is 3.38. The SMILES string of the molecule is [S-][N+]1=C2CCC[N+]2([S-])C(c2ccncc2)=C1c1ccc(S)cc1. The molecule has 0 aliphatic carbocycles. The molecule has 1 atom stereocenters. The molecule has 0 bridgehead atoms. The zero-order valence-corrected chi connectivity index (χ0v) is 14.9. The summed E-state index contributed by atoms with van der Waals surface area (Å²) < 4.78 is 2.27. The lowest BCUT2D eigenvalue weighted by Crippen LogP contribution is -2.40. The summed E-state index contributed by atoms with van der Waals surface area (Å²) in [6.45, 7) is 0.906. The number of quaternary nitrogens is 1. The molecule has 3 nitrogen and oxygen atoms in total. The van der Waals surface area contributed by atoms with E-state index in [0.29, 0.717) is 3.89 Å². The number of benzene rings is 1. The maximum absolute atomic E-state index is 6.04. The number of nitrogens with zero attached hydrogens (tertiary/aromatic N) is 3. The van der Waals surface area contributed by atoms with E-state index in [9.17, 15) is 0 Å². The summed E-state index contributed by atoms with van der Waals surface area (Å²) in [7, 11) is 0. The molecule has 1 aromatic heterocycles. The molecule has 1 fully saturated rings. The molecular weight excluding hydrogens is 342 g/mol. The quantitative estimate of drug-likeness (QED) is 0.385. The summed E-state index contributed by atoms with van der Waals surface area (Å²) in [5, 5.41) is 0. The monoisotopic (exact) mass is 357 g/mol. The number of hydrogen-bond acceptors (Lipinski definition) is 4. The van der Waals surface area contributed by atoms with Crippen LogP contribution in [0, 0.1) is 0 Å². The van der Waals surface area contributed by atoms with E-state index in [1.165, 1.54) is 0 Å². The lowest BCUT2D eigenvalue weighted by Gasteiger charge is -2.34. The van der Waals surface area contributed by atoms with Gasteiger partial charge in [0.2, 0.25) is 5.70 Å². The molecule has 23 heavy (non-hydrogen) atoms. The average molecular weight is 358 g/mol. The molecule has 4 rings (SSSR count). The molecule has 1 aromatic carbocycles. The topological polar surface area (TPSA) is 15.9 Å². The van der Waals surface area contributed by atoms with Crippen molar-refractivity contribution >= 4 is 55.5 Å². The fourth-order valence-corrected chi connectivity index (χ4v) is 4.50. The van der Waals surface area contributed by atoms with Gasteiger partial charge in [-0.25, -0.2) is 3.98 Å². The highest BCUT2D eigenvalue weighted by molar-refractivity contribution is 7.80. The second-order valence-corrected chi connectivity index (χ2v) is 7.26. The molecule has 1 unspecified atom stereocenters. The molecule has 0 spiro atoms. The van der Waals surface area contributed by atoms with Crippen molar-refractivity contribution in [2.24, 2.45) is 0 Å². The molecule has 0 amide bonds. The Morgan fingerprint density at radius 3 is 2.43 bits per heavy atom. The van der Waals surface area contributed by atoms with Crippen LogP contribution in [0.15, 0.2) is 53.7 Å². The van der Waals surface area contributed by atoms with Crippen LogP contribution in [-0.2, 0) is 25.6 Å². The third-order valence-electron chi connectivity index (χ3n) is 4.41. The van der Waals surface area contributed by atoms with E-state index in [-0.39, 0.29) is 0 Å². The van der Waals surface area contributed by atoms with Crippen molar-refractivity contribution in [3.8, 4) is 0 Å². The average Bonchev–Trinajstić information content (AvgIpc) is 3.04. The molecule has 0 N–H and O–H groups in total. The zero-order chi connectivity index (χ0) is 16.0. The van der Waals surface area contributed by atoms with E-state index in [0.717, 1.165) is 52.6 Å². The Morgan fingerprint density at radius 1 is 1.04 bits per heavy atom. The van der Waals surface area contributed by atoms with E-state index in [1.54, 1.807) is 12.4 Å². The van der Waals surface area contributed by atoms with Crippen molar-refractivity contribution in [1.29, 1.82) is 0 Å². The van der Waals surface area contributed by atoms with Gasteiger partial charge in [0, 0.05) is 29.3 Å². The van der Waals surface area contributed by atoms with Gasteiger partial charge in [-0.05, 0) is 36.4 Å². The van der Waals surface area contributed by atoms with E-state index < -0.39 is 0 Å². The van der Waals surface area contributed by atoms with Crippen LogP contribution in [0.1, 0.15) is 24.0 Å². The predicted octanol–water partition coefficient (Wildman–Crippen LogP) is 3.16. The van der Waals surface area contributed by atoms with E-state index >= 15 is 0 Å². The highest BCUT2D eigenvalue weighted by atomic mass is 32.1. The van der Waals surface area contributed by atoms with Crippen molar-refractivity contribution in [3.63, 3.8) is 0 Å². The molecule has 2 aromatic rings. The third-order valence-corrected chi connectivity index (χ3v) is 5.68. The first-order chi connectivity index (χ1) is 11.1. The van der Waals surface area contributed by atoms with Gasteiger partial charge < -0.3 is 29.5 Å². The lowest BCUT2D eigenvalue weighted by molar-refractivity contribution is -0.614. The Kier molecular flexibility index (Phi) is 3.72. The van der Waals surface area contributed by atoms with Crippen molar-refractivity contribution in [1.82, 2.24) is 4.98 Å².